The van der Waals surface area contributed by atoms with Gasteiger partial charge in [-0.3, -0.25) is 9.59 Å². The van der Waals surface area contributed by atoms with Crippen LogP contribution in [0.3, 0.4) is 0 Å². The van der Waals surface area contributed by atoms with Crippen LogP contribution in [0.2, 0.25) is 0 Å². The Morgan fingerprint density at radius 1 is 1.35 bits per heavy atom. The number of carbonyl (C=O) groups is 1. The monoisotopic (exact) mass is 394 g/mol. The van der Waals surface area contributed by atoms with Gasteiger partial charge in [-0.1, -0.05) is 15.9 Å². The number of nitrogens with zero attached hydrogens (tertiary/aromatic N) is 2. The summed E-state index contributed by atoms with van der Waals surface area (Å²) in [4.78, 5) is 23.5. The lowest BCUT2D eigenvalue weighted by Crippen LogP contribution is -2.29. The van der Waals surface area contributed by atoms with Crippen molar-refractivity contribution in [3.05, 3.63) is 33.0 Å². The fourth-order valence-electron chi connectivity index (χ4n) is 1.78. The van der Waals surface area contributed by atoms with Gasteiger partial charge in [-0.25, -0.2) is 4.68 Å². The molecule has 0 bridgehead atoms. The van der Waals surface area contributed by atoms with E-state index in [9.17, 15) is 22.8 Å². The highest BCUT2D eigenvalue weighted by Gasteiger charge is 2.29. The first kappa shape index (κ1) is 17.3. The molecule has 0 saturated heterocycles. The highest BCUT2D eigenvalue weighted by Crippen LogP contribution is 2.26. The molecule has 23 heavy (non-hydrogen) atoms. The number of aromatic nitrogens is 2. The van der Waals surface area contributed by atoms with Crippen molar-refractivity contribution in [1.29, 1.82) is 0 Å². The maximum absolute atomic E-state index is 12.4. The summed E-state index contributed by atoms with van der Waals surface area (Å²) in [6, 6.07) is 4.36. The van der Waals surface area contributed by atoms with Gasteiger partial charge < -0.3 is 9.47 Å². The van der Waals surface area contributed by atoms with Crippen LogP contribution in [0.5, 0.6) is 5.88 Å². The van der Waals surface area contributed by atoms with Crippen molar-refractivity contribution in [1.82, 2.24) is 9.78 Å². The van der Waals surface area contributed by atoms with E-state index in [1.54, 1.807) is 6.07 Å². The molecule has 0 aliphatic rings. The van der Waals surface area contributed by atoms with E-state index in [1.807, 2.05) is 0 Å². The van der Waals surface area contributed by atoms with Crippen molar-refractivity contribution in [3.63, 3.8) is 0 Å². The maximum atomic E-state index is 12.4. The fourth-order valence-corrected chi connectivity index (χ4v) is 2.14. The van der Waals surface area contributed by atoms with Crippen molar-refractivity contribution >= 4 is 32.7 Å². The number of rotatable bonds is 4. The number of methoxy groups -OCH3 is 1. The van der Waals surface area contributed by atoms with Gasteiger partial charge in [0.05, 0.1) is 17.9 Å². The van der Waals surface area contributed by atoms with E-state index in [-0.39, 0.29) is 10.8 Å². The topological polar surface area (TPSA) is 70.4 Å². The molecule has 6 nitrogen and oxygen atoms in total. The second-order valence-electron chi connectivity index (χ2n) is 4.44. The molecule has 0 saturated carbocycles. The summed E-state index contributed by atoms with van der Waals surface area (Å²) in [6.45, 7) is -2.11. The van der Waals surface area contributed by atoms with E-state index < -0.39 is 36.7 Å². The molecule has 2 rings (SSSR count). The number of ether oxygens (including phenoxy) is 2. The lowest BCUT2D eigenvalue weighted by atomic mass is 10.2. The van der Waals surface area contributed by atoms with Gasteiger partial charge >= 0.3 is 12.1 Å². The molecule has 124 valence electrons. The number of esters is 1. The molecule has 0 aliphatic carbocycles. The van der Waals surface area contributed by atoms with Crippen LogP contribution in [-0.2, 0) is 16.1 Å². The predicted octanol–water partition coefficient (Wildman–Crippen LogP) is 2.27. The second-order valence-corrected chi connectivity index (χ2v) is 5.35. The van der Waals surface area contributed by atoms with Crippen molar-refractivity contribution in [3.8, 4) is 5.88 Å². The fraction of sp³-hybridized carbons (Fsp3) is 0.308. The van der Waals surface area contributed by atoms with Crippen LogP contribution in [0.15, 0.2) is 27.5 Å². The number of fused-ring (bicyclic) bond motifs is 1. The Labute approximate surface area is 135 Å². The summed E-state index contributed by atoms with van der Waals surface area (Å²) in [7, 11) is 1.12. The maximum Gasteiger partial charge on any atom is 0.422 e. The van der Waals surface area contributed by atoms with E-state index in [0.29, 0.717) is 9.15 Å². The van der Waals surface area contributed by atoms with E-state index in [1.165, 1.54) is 12.1 Å². The predicted molar refractivity (Wildman–Crippen MR) is 77.3 cm³/mol. The van der Waals surface area contributed by atoms with Gasteiger partial charge in [-0.15, -0.1) is 5.10 Å². The molecule has 0 aliphatic heterocycles. The summed E-state index contributed by atoms with van der Waals surface area (Å²) < 4.78 is 47.4. The Morgan fingerprint density at radius 2 is 2.04 bits per heavy atom. The van der Waals surface area contributed by atoms with Crippen molar-refractivity contribution in [2.75, 3.05) is 13.7 Å². The lowest BCUT2D eigenvalue weighted by Gasteiger charge is -2.13. The average Bonchev–Trinajstić information content (AvgIpc) is 2.47. The molecule has 1 aromatic heterocycles. The summed E-state index contributed by atoms with van der Waals surface area (Å²) in [5.41, 5.74) is -0.641. The minimum absolute atomic E-state index is 0.0734. The standard InChI is InChI=1S/C13H10BrF3N2O4/c1-22-10(20)5-19-12(21)8-3-2-7(14)4-9(8)11(18-19)23-6-13(15,16)17/h2-4H,5-6H2,1H3. The Kier molecular flexibility index (Phi) is 4.93. The average molecular weight is 395 g/mol. The van der Waals surface area contributed by atoms with Crippen LogP contribution in [0.4, 0.5) is 13.2 Å². The van der Waals surface area contributed by atoms with Crippen LogP contribution < -0.4 is 10.3 Å². The molecule has 0 radical (unpaired) electrons. The Bertz CT molecular complexity index is 804. The van der Waals surface area contributed by atoms with Crippen LogP contribution in [0.25, 0.3) is 10.8 Å². The lowest BCUT2D eigenvalue weighted by molar-refractivity contribution is -0.154. The number of benzene rings is 1. The van der Waals surface area contributed by atoms with E-state index in [4.69, 9.17) is 0 Å². The molecule has 0 unspecified atom stereocenters. The number of halogens is 4. The second kappa shape index (κ2) is 6.57. The molecule has 1 aromatic carbocycles. The van der Waals surface area contributed by atoms with Crippen LogP contribution >= 0.6 is 15.9 Å². The number of alkyl halides is 3. The van der Waals surface area contributed by atoms with Crippen LogP contribution in [0, 0.1) is 0 Å². The Hall–Kier alpha value is -2.10. The van der Waals surface area contributed by atoms with Gasteiger partial charge in [-0.05, 0) is 18.2 Å². The molecule has 0 fully saturated rings. The van der Waals surface area contributed by atoms with Gasteiger partial charge in [0.1, 0.15) is 6.54 Å². The van der Waals surface area contributed by atoms with Crippen LogP contribution in [-0.4, -0.2) is 35.6 Å². The highest BCUT2D eigenvalue weighted by molar-refractivity contribution is 9.10. The molecular weight excluding hydrogens is 385 g/mol. The molecule has 10 heteroatoms. The molecular formula is C13H10BrF3N2O4. The summed E-state index contributed by atoms with van der Waals surface area (Å²) in [5, 5.41) is 3.87. The van der Waals surface area contributed by atoms with Crippen molar-refractivity contribution < 1.29 is 27.4 Å². The number of carbonyl (C=O) groups excluding carboxylic acids is 1. The van der Waals surface area contributed by atoms with Gasteiger partial charge in [0.15, 0.2) is 6.61 Å². The van der Waals surface area contributed by atoms with Crippen molar-refractivity contribution in [2.45, 2.75) is 12.7 Å². The first-order valence-electron chi connectivity index (χ1n) is 6.18. The highest BCUT2D eigenvalue weighted by atomic mass is 79.9. The number of hydrogen-bond acceptors (Lipinski definition) is 5. The number of hydrogen-bond donors (Lipinski definition) is 0. The molecule has 0 amide bonds. The normalized spacial score (nSPS) is 11.5. The molecule has 0 N–H and O–H groups in total. The third-order valence-electron chi connectivity index (χ3n) is 2.77. The SMILES string of the molecule is COC(=O)Cn1nc(OCC(F)(F)F)c2cc(Br)ccc2c1=O. The zero-order valence-electron chi connectivity index (χ0n) is 11.7. The minimum atomic E-state index is -4.57. The molecule has 1 heterocycles. The van der Waals surface area contributed by atoms with Gasteiger partial charge in [0, 0.05) is 4.47 Å². The zero-order chi connectivity index (χ0) is 17.2. The molecule has 2 aromatic rings. The van der Waals surface area contributed by atoms with Gasteiger partial charge in [0.25, 0.3) is 5.56 Å². The summed E-state index contributed by atoms with van der Waals surface area (Å²) >= 11 is 3.16. The van der Waals surface area contributed by atoms with Gasteiger partial charge in [-0.2, -0.15) is 13.2 Å². The first-order chi connectivity index (χ1) is 10.7. The van der Waals surface area contributed by atoms with Gasteiger partial charge in [0.2, 0.25) is 5.88 Å². The zero-order valence-corrected chi connectivity index (χ0v) is 13.3. The van der Waals surface area contributed by atoms with E-state index in [2.05, 4.69) is 30.5 Å². The largest absolute Gasteiger partial charge is 0.468 e. The quantitative estimate of drug-likeness (QED) is 0.744. The minimum Gasteiger partial charge on any atom is -0.468 e. The smallest absolute Gasteiger partial charge is 0.422 e. The van der Waals surface area contributed by atoms with E-state index >= 15 is 0 Å². The van der Waals surface area contributed by atoms with Crippen molar-refractivity contribution in [2.24, 2.45) is 0 Å². The molecule has 0 spiro atoms. The third kappa shape index (κ3) is 4.21. The first-order valence-corrected chi connectivity index (χ1v) is 6.97. The Morgan fingerprint density at radius 3 is 2.65 bits per heavy atom. The summed E-state index contributed by atoms with van der Waals surface area (Å²) in [6.07, 6.45) is -4.57. The summed E-state index contributed by atoms with van der Waals surface area (Å²) in [5.74, 6) is -1.17. The third-order valence-corrected chi connectivity index (χ3v) is 3.26. The molecule has 0 atom stereocenters. The van der Waals surface area contributed by atoms with E-state index in [0.717, 1.165) is 7.11 Å². The van der Waals surface area contributed by atoms with Crippen LogP contribution in [0.1, 0.15) is 0 Å². The Balaban J connectivity index is 2.57.